The highest BCUT2D eigenvalue weighted by molar-refractivity contribution is 5.52. The van der Waals surface area contributed by atoms with Crippen LogP contribution in [0.5, 0.6) is 0 Å². The monoisotopic (exact) mass is 149 g/mol. The maximum atomic E-state index is 9.26. The molecule has 2 rings (SSSR count). The lowest BCUT2D eigenvalue weighted by atomic mass is 10.1. The summed E-state index contributed by atoms with van der Waals surface area (Å²) in [6.07, 6.45) is -0.813. The van der Waals surface area contributed by atoms with E-state index in [2.05, 4.69) is 15.8 Å². The first kappa shape index (κ1) is 6.30. The molecule has 0 amide bonds. The van der Waals surface area contributed by atoms with Crippen LogP contribution in [0.3, 0.4) is 0 Å². The van der Waals surface area contributed by atoms with Gasteiger partial charge in [-0.15, -0.1) is 5.11 Å². The van der Waals surface area contributed by atoms with Crippen molar-refractivity contribution in [1.29, 1.82) is 0 Å². The number of aliphatic hydroxyl groups excluding tert-OH is 1. The summed E-state index contributed by atoms with van der Waals surface area (Å²) in [5.74, 6) is 0. The van der Waals surface area contributed by atoms with Gasteiger partial charge in [-0.05, 0) is 6.07 Å². The van der Waals surface area contributed by atoms with Crippen molar-refractivity contribution in [2.75, 3.05) is 5.43 Å². The maximum Gasteiger partial charge on any atom is 0.195 e. The van der Waals surface area contributed by atoms with Crippen molar-refractivity contribution in [2.45, 2.75) is 6.23 Å². The molecule has 4 heteroatoms. The van der Waals surface area contributed by atoms with Crippen LogP contribution >= 0.6 is 0 Å². The molecule has 0 aromatic heterocycles. The predicted octanol–water partition coefficient (Wildman–Crippen LogP) is 1.47. The van der Waals surface area contributed by atoms with E-state index in [1.54, 1.807) is 0 Å². The molecule has 1 aromatic rings. The number of hydrogen-bond donors (Lipinski definition) is 2. The fourth-order valence-corrected chi connectivity index (χ4v) is 1.02. The van der Waals surface area contributed by atoms with Gasteiger partial charge >= 0.3 is 0 Å². The summed E-state index contributed by atoms with van der Waals surface area (Å²) < 4.78 is 0. The Morgan fingerprint density at radius 2 is 2.18 bits per heavy atom. The van der Waals surface area contributed by atoms with Crippen LogP contribution in [0.15, 0.2) is 34.6 Å². The first-order chi connectivity index (χ1) is 5.38. The Hall–Kier alpha value is -1.42. The number of hydrogen-bond acceptors (Lipinski definition) is 4. The Morgan fingerprint density at radius 1 is 1.36 bits per heavy atom. The molecule has 0 saturated heterocycles. The minimum absolute atomic E-state index is 0.766. The van der Waals surface area contributed by atoms with E-state index in [1.807, 2.05) is 24.3 Å². The Labute approximate surface area is 63.6 Å². The molecule has 56 valence electrons. The van der Waals surface area contributed by atoms with Gasteiger partial charge in [-0.3, -0.25) is 5.43 Å². The molecular formula is C7H7N3O. The van der Waals surface area contributed by atoms with Gasteiger partial charge in [-0.2, -0.15) is 0 Å². The van der Waals surface area contributed by atoms with Gasteiger partial charge < -0.3 is 5.11 Å². The lowest BCUT2D eigenvalue weighted by molar-refractivity contribution is 0.177. The van der Waals surface area contributed by atoms with Crippen LogP contribution in [-0.4, -0.2) is 5.11 Å². The van der Waals surface area contributed by atoms with Crippen molar-refractivity contribution in [2.24, 2.45) is 10.3 Å². The van der Waals surface area contributed by atoms with Gasteiger partial charge in [0.15, 0.2) is 6.23 Å². The Morgan fingerprint density at radius 3 is 3.00 bits per heavy atom. The van der Waals surface area contributed by atoms with Crippen LogP contribution < -0.4 is 5.43 Å². The zero-order valence-electron chi connectivity index (χ0n) is 5.73. The summed E-state index contributed by atoms with van der Waals surface area (Å²) in [6.45, 7) is 0. The number of nitrogens with one attached hydrogen (secondary N) is 1. The summed E-state index contributed by atoms with van der Waals surface area (Å²) >= 11 is 0. The van der Waals surface area contributed by atoms with Gasteiger partial charge in [0, 0.05) is 5.56 Å². The van der Waals surface area contributed by atoms with Crippen molar-refractivity contribution in [1.82, 2.24) is 0 Å². The average Bonchev–Trinajstić information content (AvgIpc) is 2.06. The molecule has 2 N–H and O–H groups in total. The van der Waals surface area contributed by atoms with Gasteiger partial charge in [0.1, 0.15) is 0 Å². The summed E-state index contributed by atoms with van der Waals surface area (Å²) in [4.78, 5) is 0. The lowest BCUT2D eigenvalue weighted by Gasteiger charge is -2.13. The second kappa shape index (κ2) is 2.32. The van der Waals surface area contributed by atoms with Crippen LogP contribution in [0, 0.1) is 0 Å². The Bertz CT molecular complexity index is 297. The number of benzene rings is 1. The molecule has 0 bridgehead atoms. The van der Waals surface area contributed by atoms with E-state index >= 15 is 0 Å². The normalized spacial score (nSPS) is 20.6. The highest BCUT2D eigenvalue weighted by Crippen LogP contribution is 2.26. The molecule has 0 radical (unpaired) electrons. The molecule has 1 aliphatic rings. The van der Waals surface area contributed by atoms with Gasteiger partial charge in [-0.25, -0.2) is 0 Å². The molecule has 1 aromatic carbocycles. The number of rotatable bonds is 0. The maximum absolute atomic E-state index is 9.26. The van der Waals surface area contributed by atoms with Crippen molar-refractivity contribution in [3.8, 4) is 0 Å². The quantitative estimate of drug-likeness (QED) is 0.586. The standard InChI is InChI=1S/C7H7N3O/c11-7-5-3-1-2-4-6(5)8-10-9-7/h1-4,7,11H,(H,8,9)/t7-/m0/s1. The number of para-hydroxylation sites is 1. The number of anilines is 1. The molecular weight excluding hydrogens is 142 g/mol. The lowest BCUT2D eigenvalue weighted by Crippen LogP contribution is -2.04. The first-order valence-electron chi connectivity index (χ1n) is 3.31. The van der Waals surface area contributed by atoms with E-state index in [9.17, 15) is 5.11 Å². The van der Waals surface area contributed by atoms with E-state index in [4.69, 9.17) is 0 Å². The third kappa shape index (κ3) is 0.969. The van der Waals surface area contributed by atoms with Crippen LogP contribution in [0.25, 0.3) is 0 Å². The first-order valence-corrected chi connectivity index (χ1v) is 3.31. The largest absolute Gasteiger partial charge is 0.366 e. The fraction of sp³-hybridized carbons (Fsp3) is 0.143. The number of aliphatic hydroxyl groups is 1. The molecule has 1 aliphatic heterocycles. The molecule has 11 heavy (non-hydrogen) atoms. The molecule has 4 nitrogen and oxygen atoms in total. The van der Waals surface area contributed by atoms with Gasteiger partial charge in [0.2, 0.25) is 0 Å². The summed E-state index contributed by atoms with van der Waals surface area (Å²) in [5, 5.41) is 16.3. The minimum Gasteiger partial charge on any atom is -0.366 e. The molecule has 0 saturated carbocycles. The zero-order valence-corrected chi connectivity index (χ0v) is 5.73. The van der Waals surface area contributed by atoms with E-state index in [0.29, 0.717) is 0 Å². The molecule has 0 aliphatic carbocycles. The van der Waals surface area contributed by atoms with E-state index < -0.39 is 6.23 Å². The second-order valence-electron chi connectivity index (χ2n) is 2.29. The van der Waals surface area contributed by atoms with Crippen molar-refractivity contribution < 1.29 is 5.11 Å². The van der Waals surface area contributed by atoms with Crippen molar-refractivity contribution in [3.63, 3.8) is 0 Å². The smallest absolute Gasteiger partial charge is 0.195 e. The summed E-state index contributed by atoms with van der Waals surface area (Å²) in [6, 6.07) is 7.38. The van der Waals surface area contributed by atoms with Crippen LogP contribution in [-0.2, 0) is 0 Å². The SMILES string of the molecule is O[C@@H]1N=NNc2ccccc21. The summed E-state index contributed by atoms with van der Waals surface area (Å²) in [5.41, 5.74) is 4.27. The van der Waals surface area contributed by atoms with Crippen LogP contribution in [0.1, 0.15) is 11.8 Å². The molecule has 0 fully saturated rings. The second-order valence-corrected chi connectivity index (χ2v) is 2.29. The van der Waals surface area contributed by atoms with E-state index in [1.165, 1.54) is 0 Å². The number of fused-ring (bicyclic) bond motifs is 1. The molecule has 1 heterocycles. The van der Waals surface area contributed by atoms with Crippen molar-refractivity contribution >= 4 is 5.69 Å². The predicted molar refractivity (Wildman–Crippen MR) is 39.9 cm³/mol. The zero-order chi connectivity index (χ0) is 7.68. The topological polar surface area (TPSA) is 57.0 Å². The third-order valence-corrected chi connectivity index (χ3v) is 1.58. The minimum atomic E-state index is -0.813. The molecule has 0 spiro atoms. The van der Waals surface area contributed by atoms with Gasteiger partial charge in [0.05, 0.1) is 5.69 Å². The van der Waals surface area contributed by atoms with Crippen LogP contribution in [0.4, 0.5) is 5.69 Å². The number of nitrogens with zero attached hydrogens (tertiary/aromatic N) is 2. The van der Waals surface area contributed by atoms with Crippen molar-refractivity contribution in [3.05, 3.63) is 29.8 Å². The fourth-order valence-electron chi connectivity index (χ4n) is 1.02. The Balaban J connectivity index is 2.50. The van der Waals surface area contributed by atoms with Gasteiger partial charge in [-0.1, -0.05) is 23.4 Å². The highest BCUT2D eigenvalue weighted by Gasteiger charge is 2.13. The summed E-state index contributed by atoms with van der Waals surface area (Å²) in [7, 11) is 0. The highest BCUT2D eigenvalue weighted by atomic mass is 16.3. The Kier molecular flexibility index (Phi) is 1.33. The van der Waals surface area contributed by atoms with Gasteiger partial charge in [0.25, 0.3) is 0 Å². The molecule has 0 unspecified atom stereocenters. The van der Waals surface area contributed by atoms with E-state index in [-0.39, 0.29) is 0 Å². The van der Waals surface area contributed by atoms with Crippen LogP contribution in [0.2, 0.25) is 0 Å². The average molecular weight is 149 g/mol. The third-order valence-electron chi connectivity index (χ3n) is 1.58. The van der Waals surface area contributed by atoms with E-state index in [0.717, 1.165) is 11.3 Å². The molecule has 1 atom stereocenters.